The molecule has 3 aliphatic heterocycles. The Morgan fingerprint density at radius 2 is 2.00 bits per heavy atom. The van der Waals surface area contributed by atoms with Crippen LogP contribution in [-0.2, 0) is 17.6 Å². The first kappa shape index (κ1) is 22.7. The highest BCUT2D eigenvalue weighted by atomic mass is 16.6. The van der Waals surface area contributed by atoms with E-state index in [1.807, 2.05) is 11.8 Å². The highest BCUT2D eigenvalue weighted by Crippen LogP contribution is 2.42. The third-order valence-electron chi connectivity index (χ3n) is 7.84. The molecule has 1 fully saturated rings. The number of carbonyl (C=O) groups excluding carboxylic acids is 1. The van der Waals surface area contributed by atoms with Crippen LogP contribution in [0.25, 0.3) is 11.3 Å². The van der Waals surface area contributed by atoms with Gasteiger partial charge in [0, 0.05) is 12.6 Å². The number of hydrogen-bond donors (Lipinski definition) is 0. The van der Waals surface area contributed by atoms with Crippen molar-refractivity contribution in [3.05, 3.63) is 41.0 Å². The summed E-state index contributed by atoms with van der Waals surface area (Å²) in [5, 5.41) is 0. The molecule has 35 heavy (non-hydrogen) atoms. The summed E-state index contributed by atoms with van der Waals surface area (Å²) in [6, 6.07) is 4.21. The summed E-state index contributed by atoms with van der Waals surface area (Å²) in [4.78, 5) is 21.0. The number of imidazole rings is 1. The number of rotatable bonds is 2. The molecule has 0 radical (unpaired) electrons. The first-order chi connectivity index (χ1) is 16.8. The van der Waals surface area contributed by atoms with Gasteiger partial charge >= 0.3 is 0 Å². The second-order valence-electron chi connectivity index (χ2n) is 11.2. The fraction of sp³-hybridized carbons (Fsp3) is 0.571. The highest BCUT2D eigenvalue weighted by Gasteiger charge is 2.39. The Morgan fingerprint density at radius 1 is 1.14 bits per heavy atom. The van der Waals surface area contributed by atoms with Crippen molar-refractivity contribution in [3.8, 4) is 17.2 Å². The summed E-state index contributed by atoms with van der Waals surface area (Å²) in [6.07, 6.45) is 7.11. The Balaban J connectivity index is 1.50. The Labute approximate surface area is 207 Å². The zero-order chi connectivity index (χ0) is 24.3. The van der Waals surface area contributed by atoms with Crippen LogP contribution in [0.3, 0.4) is 0 Å². The van der Waals surface area contributed by atoms with Crippen LogP contribution >= 0.6 is 0 Å². The van der Waals surface area contributed by atoms with Gasteiger partial charge in [-0.3, -0.25) is 9.36 Å². The van der Waals surface area contributed by atoms with E-state index in [2.05, 4.69) is 43.5 Å². The predicted octanol–water partition coefficient (Wildman–Crippen LogP) is 4.59. The summed E-state index contributed by atoms with van der Waals surface area (Å²) in [5.74, 6) is 3.17. The van der Waals surface area contributed by atoms with Gasteiger partial charge in [-0.05, 0) is 76.0 Å². The van der Waals surface area contributed by atoms with Crippen LogP contribution < -0.4 is 9.47 Å². The molecular weight excluding hydrogens is 442 g/mol. The van der Waals surface area contributed by atoms with Crippen LogP contribution in [0.15, 0.2) is 18.2 Å². The minimum absolute atomic E-state index is 0.00712. The molecule has 0 spiro atoms. The molecule has 4 aliphatic rings. The van der Waals surface area contributed by atoms with Gasteiger partial charge in [0.15, 0.2) is 17.2 Å². The van der Waals surface area contributed by atoms with Crippen LogP contribution in [0.2, 0.25) is 0 Å². The lowest BCUT2D eigenvalue weighted by atomic mass is 9.90. The molecule has 186 valence electrons. The molecule has 1 amide bonds. The Kier molecular flexibility index (Phi) is 5.44. The van der Waals surface area contributed by atoms with Crippen molar-refractivity contribution in [1.29, 1.82) is 0 Å². The van der Waals surface area contributed by atoms with Gasteiger partial charge in [-0.15, -0.1) is 0 Å². The molecule has 2 aromatic rings. The van der Waals surface area contributed by atoms with Crippen molar-refractivity contribution < 1.29 is 19.0 Å². The van der Waals surface area contributed by atoms with E-state index >= 15 is 0 Å². The fourth-order valence-corrected chi connectivity index (χ4v) is 5.78. The van der Waals surface area contributed by atoms with Crippen molar-refractivity contribution in [1.82, 2.24) is 14.5 Å². The minimum Gasteiger partial charge on any atom is -0.486 e. The Bertz CT molecular complexity index is 1210. The summed E-state index contributed by atoms with van der Waals surface area (Å²) >= 11 is 0. The SMILES string of the molecule is CC1CC=C(c2nc(C(=O)N3CCOCC3(C)C)c3n2-c2cc4c(cc2CC3)OCC(C)O4)CC1. The number of nitrogens with zero attached hydrogens (tertiary/aromatic N) is 3. The maximum atomic E-state index is 14.0. The normalized spacial score (nSPS) is 24.9. The Hall–Kier alpha value is -2.80. The molecule has 2 atom stereocenters. The largest absolute Gasteiger partial charge is 0.486 e. The van der Waals surface area contributed by atoms with Gasteiger partial charge in [0.1, 0.15) is 18.5 Å². The van der Waals surface area contributed by atoms with Crippen molar-refractivity contribution in [3.63, 3.8) is 0 Å². The number of carbonyl (C=O) groups is 1. The van der Waals surface area contributed by atoms with Crippen LogP contribution in [0, 0.1) is 5.92 Å². The van der Waals surface area contributed by atoms with Gasteiger partial charge < -0.3 is 19.1 Å². The standard InChI is InChI=1S/C28H35N3O4/c1-17-5-7-19(8-6-17)26-29-25(27(32)30-11-12-33-16-28(30,3)4)21-10-9-20-13-23-24(14-22(20)31(21)26)35-18(2)15-34-23/h7,13-14,17-18H,5-6,8-12,15-16H2,1-4H3. The first-order valence-electron chi connectivity index (χ1n) is 13.0. The van der Waals surface area contributed by atoms with Gasteiger partial charge in [-0.25, -0.2) is 4.98 Å². The van der Waals surface area contributed by atoms with Gasteiger partial charge in [0.2, 0.25) is 0 Å². The molecule has 1 aromatic carbocycles. The lowest BCUT2D eigenvalue weighted by molar-refractivity contribution is -0.0373. The molecule has 6 rings (SSSR count). The molecule has 7 nitrogen and oxygen atoms in total. The van der Waals surface area contributed by atoms with E-state index in [-0.39, 0.29) is 17.6 Å². The zero-order valence-corrected chi connectivity index (χ0v) is 21.2. The van der Waals surface area contributed by atoms with Crippen molar-refractivity contribution >= 4 is 11.5 Å². The second kappa shape index (κ2) is 8.40. The third kappa shape index (κ3) is 3.84. The summed E-state index contributed by atoms with van der Waals surface area (Å²) < 4.78 is 20.0. The van der Waals surface area contributed by atoms with Crippen molar-refractivity contribution in [2.75, 3.05) is 26.4 Å². The van der Waals surface area contributed by atoms with Gasteiger partial charge in [0.05, 0.1) is 30.1 Å². The van der Waals surface area contributed by atoms with E-state index < -0.39 is 0 Å². The van der Waals surface area contributed by atoms with E-state index in [4.69, 9.17) is 19.2 Å². The average molecular weight is 478 g/mol. The maximum absolute atomic E-state index is 14.0. The van der Waals surface area contributed by atoms with E-state index in [0.717, 1.165) is 60.8 Å². The Morgan fingerprint density at radius 3 is 2.77 bits per heavy atom. The number of aryl methyl sites for hydroxylation is 1. The molecule has 2 unspecified atom stereocenters. The second-order valence-corrected chi connectivity index (χ2v) is 11.2. The van der Waals surface area contributed by atoms with Gasteiger partial charge in [-0.2, -0.15) is 0 Å². The number of aromatic nitrogens is 2. The quantitative estimate of drug-likeness (QED) is 0.633. The first-order valence-corrected chi connectivity index (χ1v) is 13.0. The van der Waals surface area contributed by atoms with E-state index in [1.165, 1.54) is 11.1 Å². The van der Waals surface area contributed by atoms with E-state index in [9.17, 15) is 4.79 Å². The molecule has 1 aromatic heterocycles. The molecule has 0 N–H and O–H groups in total. The van der Waals surface area contributed by atoms with Crippen LogP contribution in [0.5, 0.6) is 11.5 Å². The highest BCUT2D eigenvalue weighted by molar-refractivity contribution is 5.95. The van der Waals surface area contributed by atoms with Crippen LogP contribution in [0.1, 0.15) is 74.5 Å². The number of allylic oxidation sites excluding steroid dienone is 2. The summed E-state index contributed by atoms with van der Waals surface area (Å²) in [7, 11) is 0. The van der Waals surface area contributed by atoms with Crippen molar-refractivity contribution in [2.45, 2.75) is 71.4 Å². The third-order valence-corrected chi connectivity index (χ3v) is 7.84. The lowest BCUT2D eigenvalue weighted by Crippen LogP contribution is -2.55. The summed E-state index contributed by atoms with van der Waals surface area (Å²) in [5.41, 5.74) is 4.74. The molecule has 1 saturated heterocycles. The fourth-order valence-electron chi connectivity index (χ4n) is 5.78. The van der Waals surface area contributed by atoms with Crippen LogP contribution in [-0.4, -0.2) is 58.4 Å². The number of fused-ring (bicyclic) bond motifs is 4. The number of hydrogen-bond acceptors (Lipinski definition) is 5. The van der Waals surface area contributed by atoms with E-state index in [0.29, 0.717) is 38.0 Å². The molecular formula is C28H35N3O4. The lowest BCUT2D eigenvalue weighted by Gasteiger charge is -2.41. The monoisotopic (exact) mass is 477 g/mol. The predicted molar refractivity (Wildman–Crippen MR) is 133 cm³/mol. The summed E-state index contributed by atoms with van der Waals surface area (Å²) in [6.45, 7) is 10.7. The average Bonchev–Trinajstić information content (AvgIpc) is 3.23. The maximum Gasteiger partial charge on any atom is 0.274 e. The molecule has 1 aliphatic carbocycles. The van der Waals surface area contributed by atoms with E-state index in [1.54, 1.807) is 0 Å². The van der Waals surface area contributed by atoms with Crippen molar-refractivity contribution in [2.24, 2.45) is 5.92 Å². The molecule has 0 saturated carbocycles. The molecule has 7 heteroatoms. The number of benzene rings is 1. The number of morpholine rings is 1. The van der Waals surface area contributed by atoms with Gasteiger partial charge in [-0.1, -0.05) is 13.0 Å². The molecule has 0 bridgehead atoms. The van der Waals surface area contributed by atoms with Gasteiger partial charge in [0.25, 0.3) is 5.91 Å². The van der Waals surface area contributed by atoms with Crippen LogP contribution in [0.4, 0.5) is 0 Å². The topological polar surface area (TPSA) is 65.8 Å². The number of ether oxygens (including phenoxy) is 3. The number of amides is 1. The zero-order valence-electron chi connectivity index (χ0n) is 21.2. The smallest absolute Gasteiger partial charge is 0.274 e. The minimum atomic E-state index is -0.363. The molecule has 4 heterocycles.